The van der Waals surface area contributed by atoms with Crippen molar-refractivity contribution in [1.29, 1.82) is 0 Å². The lowest BCUT2D eigenvalue weighted by Gasteiger charge is -2.34. The van der Waals surface area contributed by atoms with Crippen LogP contribution in [0.5, 0.6) is 0 Å². The second kappa shape index (κ2) is 17.0. The van der Waals surface area contributed by atoms with Crippen molar-refractivity contribution in [3.63, 3.8) is 0 Å². The van der Waals surface area contributed by atoms with Gasteiger partial charge < -0.3 is 4.57 Å². The summed E-state index contributed by atoms with van der Waals surface area (Å²) < 4.78 is 4.92. The van der Waals surface area contributed by atoms with Gasteiger partial charge in [0.15, 0.2) is 25.5 Å². The van der Waals surface area contributed by atoms with E-state index in [0.717, 1.165) is 44.5 Å². The highest BCUT2D eigenvalue weighted by atomic mass is 32.1. The van der Waals surface area contributed by atoms with E-state index in [1.807, 2.05) is 11.3 Å². The molecule has 4 nitrogen and oxygen atoms in total. The molecule has 13 rings (SSSR count). The molecule has 0 bridgehead atoms. The van der Waals surface area contributed by atoms with Crippen LogP contribution in [0.3, 0.4) is 0 Å². The summed E-state index contributed by atoms with van der Waals surface area (Å²) in [5.74, 6) is 1.83. The summed E-state index contributed by atoms with van der Waals surface area (Å²) in [4.78, 5) is 16.2. The molecule has 0 unspecified atom stereocenters. The summed E-state index contributed by atoms with van der Waals surface area (Å²) in [6.07, 6.45) is 0. The van der Waals surface area contributed by atoms with Crippen LogP contribution in [-0.4, -0.2) is 27.6 Å². The van der Waals surface area contributed by atoms with Crippen LogP contribution >= 0.6 is 11.3 Å². The monoisotopic (exact) mass is 914 g/mol. The van der Waals surface area contributed by atoms with Crippen LogP contribution in [0.1, 0.15) is 0 Å². The molecule has 0 amide bonds. The van der Waals surface area contributed by atoms with E-state index in [0.29, 0.717) is 17.5 Å². The van der Waals surface area contributed by atoms with Crippen LogP contribution in [0.15, 0.2) is 255 Å². The number of fused-ring (bicyclic) bond motifs is 6. The fraction of sp³-hybridized carbons (Fsp3) is 0. The maximum atomic E-state index is 5.41. The van der Waals surface area contributed by atoms with E-state index >= 15 is 0 Å². The molecule has 0 saturated heterocycles. The van der Waals surface area contributed by atoms with E-state index in [9.17, 15) is 0 Å². The summed E-state index contributed by atoms with van der Waals surface area (Å²) in [6.45, 7) is 0. The molecule has 3 heterocycles. The van der Waals surface area contributed by atoms with Crippen LogP contribution in [0.4, 0.5) is 0 Å². The number of para-hydroxylation sites is 3. The van der Waals surface area contributed by atoms with E-state index in [1.54, 1.807) is 0 Å². The average Bonchev–Trinajstić information content (AvgIpc) is 3.98. The Hall–Kier alpha value is -8.55. The molecular formula is C63H42N4SSi. The van der Waals surface area contributed by atoms with Gasteiger partial charge in [0.2, 0.25) is 0 Å². The quantitative estimate of drug-likeness (QED) is 0.107. The molecule has 0 saturated carbocycles. The number of benzene rings is 10. The maximum absolute atomic E-state index is 5.41. The predicted molar refractivity (Wildman–Crippen MR) is 292 cm³/mol. The van der Waals surface area contributed by atoms with Gasteiger partial charge in [0.05, 0.1) is 16.7 Å². The molecule has 0 radical (unpaired) electrons. The Morgan fingerprint density at radius 2 is 0.768 bits per heavy atom. The van der Waals surface area contributed by atoms with Crippen molar-refractivity contribution in [3.8, 4) is 51.0 Å². The zero-order chi connectivity index (χ0) is 45.7. The molecule has 10 aromatic carbocycles. The highest BCUT2D eigenvalue weighted by Crippen LogP contribution is 2.39. The second-order valence-electron chi connectivity index (χ2n) is 17.5. The molecule has 0 spiro atoms. The van der Waals surface area contributed by atoms with Gasteiger partial charge in [-0.3, -0.25) is 0 Å². The molecule has 0 atom stereocenters. The number of hydrogen-bond acceptors (Lipinski definition) is 4. The van der Waals surface area contributed by atoms with Gasteiger partial charge >= 0.3 is 0 Å². The van der Waals surface area contributed by atoms with Gasteiger partial charge in [-0.2, -0.15) is 0 Å². The molecule has 324 valence electrons. The average molecular weight is 915 g/mol. The van der Waals surface area contributed by atoms with Gasteiger partial charge in [0.1, 0.15) is 0 Å². The Kier molecular flexibility index (Phi) is 10.00. The Bertz CT molecular complexity index is 3860. The number of rotatable bonds is 9. The molecule has 0 fully saturated rings. The van der Waals surface area contributed by atoms with Crippen molar-refractivity contribution >= 4 is 82.1 Å². The predicted octanol–water partition coefficient (Wildman–Crippen LogP) is 13.4. The van der Waals surface area contributed by atoms with Crippen LogP contribution < -0.4 is 20.7 Å². The second-order valence-corrected chi connectivity index (χ2v) is 22.4. The molecular weight excluding hydrogens is 873 g/mol. The van der Waals surface area contributed by atoms with Crippen molar-refractivity contribution in [2.24, 2.45) is 0 Å². The fourth-order valence-electron chi connectivity index (χ4n) is 10.5. The van der Waals surface area contributed by atoms with Crippen molar-refractivity contribution in [3.05, 3.63) is 255 Å². The maximum Gasteiger partial charge on any atom is 0.179 e. The summed E-state index contributed by atoms with van der Waals surface area (Å²) in [5, 5.41) is 10.2. The van der Waals surface area contributed by atoms with E-state index in [1.165, 1.54) is 51.7 Å². The lowest BCUT2D eigenvalue weighted by atomic mass is 10.0. The Labute approximate surface area is 405 Å². The standard InChI is InChI=1S/C63H42N4SSi/c1-4-21-47(22-5-1)69(48-23-6-2-7-24-48,49-25-8-3-9-26-49)50-38-35-43(36-39-50)61-64-62(46-20-18-19-44(41-46)45-37-40-54-53-29-13-17-34-59(53)68-60(54)42-45)66-63(65-61)55-30-12-16-33-58(55)67-56-31-14-10-27-51(56)52-28-11-15-32-57(52)67/h1-42H. The zero-order valence-corrected chi connectivity index (χ0v) is 39.3. The number of thiophene rings is 1. The number of nitrogens with zero attached hydrogens (tertiary/aromatic N) is 4. The van der Waals surface area contributed by atoms with Crippen LogP contribution in [-0.2, 0) is 0 Å². The Morgan fingerprint density at radius 3 is 1.42 bits per heavy atom. The fourth-order valence-corrected chi connectivity index (χ4v) is 16.4. The topological polar surface area (TPSA) is 43.6 Å². The molecule has 0 aliphatic heterocycles. The molecule has 0 N–H and O–H groups in total. The first-order valence-electron chi connectivity index (χ1n) is 23.3. The van der Waals surface area contributed by atoms with Crippen LogP contribution in [0.2, 0.25) is 0 Å². The van der Waals surface area contributed by atoms with Crippen molar-refractivity contribution in [2.45, 2.75) is 0 Å². The SMILES string of the molecule is c1ccc([Si](c2ccccc2)(c2ccccc2)c2ccc(-c3nc(-c4cccc(-c5ccc6c(c5)sc5ccccc56)c4)nc(-c4ccccc4-n4c5ccccc5c5ccccc54)n3)cc2)cc1. The minimum absolute atomic E-state index is 0.607. The first kappa shape index (κ1) is 40.7. The van der Waals surface area contributed by atoms with Crippen LogP contribution in [0, 0.1) is 0 Å². The minimum atomic E-state index is -2.76. The van der Waals surface area contributed by atoms with Crippen molar-refractivity contribution in [2.75, 3.05) is 0 Å². The van der Waals surface area contributed by atoms with Crippen LogP contribution in [0.25, 0.3) is 93.0 Å². The summed E-state index contributed by atoms with van der Waals surface area (Å²) in [5.41, 5.74) is 8.27. The van der Waals surface area contributed by atoms with E-state index in [-0.39, 0.29) is 0 Å². The molecule has 13 aromatic rings. The highest BCUT2D eigenvalue weighted by Gasteiger charge is 2.41. The van der Waals surface area contributed by atoms with Gasteiger partial charge in [0, 0.05) is 47.6 Å². The lowest BCUT2D eigenvalue weighted by molar-refractivity contribution is 1.06. The first-order valence-corrected chi connectivity index (χ1v) is 26.2. The third-order valence-corrected chi connectivity index (χ3v) is 19.6. The van der Waals surface area contributed by atoms with E-state index in [4.69, 9.17) is 15.0 Å². The first-order chi connectivity index (χ1) is 34.2. The third kappa shape index (κ3) is 6.91. The number of aromatic nitrogens is 4. The largest absolute Gasteiger partial charge is 0.309 e. The summed E-state index contributed by atoms with van der Waals surface area (Å²) in [6, 6.07) is 92.0. The van der Waals surface area contributed by atoms with Gasteiger partial charge in [-0.05, 0) is 74.3 Å². The lowest BCUT2D eigenvalue weighted by Crippen LogP contribution is -2.74. The molecule has 0 aliphatic carbocycles. The highest BCUT2D eigenvalue weighted by molar-refractivity contribution is 7.25. The van der Waals surface area contributed by atoms with E-state index in [2.05, 4.69) is 259 Å². The normalized spacial score (nSPS) is 11.8. The Balaban J connectivity index is 0.999. The molecule has 3 aromatic heterocycles. The molecule has 0 aliphatic rings. The Morgan fingerprint density at radius 1 is 0.304 bits per heavy atom. The van der Waals surface area contributed by atoms with Crippen molar-refractivity contribution < 1.29 is 0 Å². The molecule has 69 heavy (non-hydrogen) atoms. The third-order valence-electron chi connectivity index (χ3n) is 13.6. The molecule has 6 heteroatoms. The van der Waals surface area contributed by atoms with Gasteiger partial charge in [-0.1, -0.05) is 212 Å². The van der Waals surface area contributed by atoms with Gasteiger partial charge in [-0.25, -0.2) is 15.0 Å². The van der Waals surface area contributed by atoms with E-state index < -0.39 is 8.07 Å². The summed E-state index contributed by atoms with van der Waals surface area (Å²) in [7, 11) is -2.76. The van der Waals surface area contributed by atoms with Gasteiger partial charge in [0.25, 0.3) is 0 Å². The zero-order valence-electron chi connectivity index (χ0n) is 37.4. The van der Waals surface area contributed by atoms with Crippen molar-refractivity contribution in [1.82, 2.24) is 19.5 Å². The number of hydrogen-bond donors (Lipinski definition) is 0. The van der Waals surface area contributed by atoms with Gasteiger partial charge in [-0.15, -0.1) is 11.3 Å². The minimum Gasteiger partial charge on any atom is -0.309 e. The summed E-state index contributed by atoms with van der Waals surface area (Å²) >= 11 is 1.84. The smallest absolute Gasteiger partial charge is 0.179 e.